The van der Waals surface area contributed by atoms with E-state index >= 15 is 0 Å². The van der Waals surface area contributed by atoms with E-state index in [1.54, 1.807) is 0 Å². The second kappa shape index (κ2) is 6.67. The number of anilines is 1. The molecule has 21 heavy (non-hydrogen) atoms. The van der Waals surface area contributed by atoms with E-state index in [2.05, 4.69) is 16.3 Å². The lowest BCUT2D eigenvalue weighted by atomic mass is 9.98. The van der Waals surface area contributed by atoms with Crippen LogP contribution < -0.4 is 10.1 Å². The van der Waals surface area contributed by atoms with Crippen LogP contribution in [0.15, 0.2) is 18.2 Å². The van der Waals surface area contributed by atoms with E-state index in [4.69, 9.17) is 4.74 Å². The van der Waals surface area contributed by atoms with Crippen molar-refractivity contribution in [3.05, 3.63) is 23.8 Å². The number of piperidine rings is 1. The molecule has 1 aromatic rings. The fourth-order valence-electron chi connectivity index (χ4n) is 3.72. The molecule has 0 aliphatic carbocycles. The Morgan fingerprint density at radius 2 is 2.19 bits per heavy atom. The predicted octanol–water partition coefficient (Wildman–Crippen LogP) is 2.62. The minimum atomic E-state index is 0.0189. The largest absolute Gasteiger partial charge is 0.494 e. The fourth-order valence-corrected chi connectivity index (χ4v) is 3.72. The quantitative estimate of drug-likeness (QED) is 0.875. The van der Waals surface area contributed by atoms with Crippen LogP contribution in [-0.4, -0.2) is 41.8 Å². The minimum absolute atomic E-state index is 0.0189. The molecule has 2 unspecified atom stereocenters. The molecule has 0 aromatic heterocycles. The number of nitrogens with zero attached hydrogens (tertiary/aromatic N) is 1. The van der Waals surface area contributed by atoms with Gasteiger partial charge in [-0.3, -0.25) is 4.90 Å². The summed E-state index contributed by atoms with van der Waals surface area (Å²) in [6.45, 7) is 5.08. The Hall–Kier alpha value is -1.26. The minimum Gasteiger partial charge on any atom is -0.494 e. The van der Waals surface area contributed by atoms with Gasteiger partial charge in [0.2, 0.25) is 0 Å². The molecule has 0 spiro atoms. The number of benzene rings is 1. The molecule has 0 bridgehead atoms. The Kier molecular flexibility index (Phi) is 4.66. The highest BCUT2D eigenvalue weighted by atomic mass is 16.5. The molecule has 0 saturated carbocycles. The molecule has 4 nitrogen and oxygen atoms in total. The van der Waals surface area contributed by atoms with Gasteiger partial charge in [-0.1, -0.05) is 6.42 Å². The second-order valence-corrected chi connectivity index (χ2v) is 6.05. The first-order valence-electron chi connectivity index (χ1n) is 8.19. The Morgan fingerprint density at radius 1 is 1.29 bits per heavy atom. The monoisotopic (exact) mass is 290 g/mol. The van der Waals surface area contributed by atoms with Gasteiger partial charge in [0.15, 0.2) is 0 Å². The fraction of sp³-hybridized carbons (Fsp3) is 0.647. The normalized spacial score (nSPS) is 25.6. The van der Waals surface area contributed by atoms with Crippen molar-refractivity contribution in [2.75, 3.05) is 25.0 Å². The number of ether oxygens (including phenoxy) is 1. The number of hydrogen-bond donors (Lipinski definition) is 2. The number of hydrogen-bond acceptors (Lipinski definition) is 4. The van der Waals surface area contributed by atoms with E-state index in [1.165, 1.54) is 38.8 Å². The molecule has 2 aliphatic rings. The van der Waals surface area contributed by atoms with E-state index in [0.29, 0.717) is 18.7 Å². The van der Waals surface area contributed by atoms with Crippen LogP contribution in [0.4, 0.5) is 5.69 Å². The highest BCUT2D eigenvalue weighted by molar-refractivity contribution is 5.52. The number of aliphatic hydroxyl groups is 1. The van der Waals surface area contributed by atoms with Crippen molar-refractivity contribution in [2.24, 2.45) is 0 Å². The summed E-state index contributed by atoms with van der Waals surface area (Å²) in [6.07, 6.45) is 5.22. The van der Waals surface area contributed by atoms with E-state index in [0.717, 1.165) is 17.0 Å². The van der Waals surface area contributed by atoms with E-state index < -0.39 is 0 Å². The van der Waals surface area contributed by atoms with Crippen molar-refractivity contribution in [1.29, 1.82) is 0 Å². The van der Waals surface area contributed by atoms with Crippen LogP contribution in [0.3, 0.4) is 0 Å². The van der Waals surface area contributed by atoms with Gasteiger partial charge in [0.25, 0.3) is 0 Å². The maximum atomic E-state index is 9.50. The lowest BCUT2D eigenvalue weighted by Gasteiger charge is -2.33. The molecule has 2 fully saturated rings. The van der Waals surface area contributed by atoms with Gasteiger partial charge in [0, 0.05) is 29.9 Å². The summed E-state index contributed by atoms with van der Waals surface area (Å²) >= 11 is 0. The second-order valence-electron chi connectivity index (χ2n) is 6.05. The molecule has 2 N–H and O–H groups in total. The molecule has 4 heteroatoms. The summed E-state index contributed by atoms with van der Waals surface area (Å²) in [5.41, 5.74) is 1.96. The molecule has 1 aromatic carbocycles. The van der Waals surface area contributed by atoms with Crippen LogP contribution in [0.1, 0.15) is 38.2 Å². The topological polar surface area (TPSA) is 44.7 Å². The van der Waals surface area contributed by atoms with Crippen molar-refractivity contribution in [3.63, 3.8) is 0 Å². The van der Waals surface area contributed by atoms with Crippen LogP contribution in [0.25, 0.3) is 0 Å². The average Bonchev–Trinajstić information content (AvgIpc) is 2.92. The van der Waals surface area contributed by atoms with Gasteiger partial charge in [-0.25, -0.2) is 0 Å². The highest BCUT2D eigenvalue weighted by Crippen LogP contribution is 2.30. The Morgan fingerprint density at radius 3 is 3.00 bits per heavy atom. The molecular formula is C17H26N2O2. The zero-order valence-corrected chi connectivity index (χ0v) is 12.8. The van der Waals surface area contributed by atoms with Gasteiger partial charge < -0.3 is 15.2 Å². The third-order valence-electron chi connectivity index (χ3n) is 4.74. The summed E-state index contributed by atoms with van der Waals surface area (Å²) in [4.78, 5) is 2.63. The van der Waals surface area contributed by atoms with E-state index in [9.17, 15) is 5.11 Å². The van der Waals surface area contributed by atoms with Crippen LogP contribution in [-0.2, 0) is 6.61 Å². The van der Waals surface area contributed by atoms with E-state index in [1.807, 2.05) is 19.1 Å². The number of aliphatic hydroxyl groups excluding tert-OH is 1. The third-order valence-corrected chi connectivity index (χ3v) is 4.74. The van der Waals surface area contributed by atoms with Crippen molar-refractivity contribution < 1.29 is 9.84 Å². The number of nitrogens with one attached hydrogen (secondary N) is 1. The molecular weight excluding hydrogens is 264 g/mol. The van der Waals surface area contributed by atoms with Crippen LogP contribution in [0.2, 0.25) is 0 Å². The van der Waals surface area contributed by atoms with Crippen molar-refractivity contribution in [2.45, 2.75) is 51.3 Å². The summed E-state index contributed by atoms with van der Waals surface area (Å²) in [5, 5.41) is 13.2. The maximum Gasteiger partial charge on any atom is 0.124 e. The standard InChI is InChI=1S/C17H26N2O2/c1-2-21-17-7-6-14(11-13(17)12-20)18-15-8-10-19-9-4-3-5-16(15)19/h6-7,11,15-16,18,20H,2-5,8-10,12H2,1H3. The van der Waals surface area contributed by atoms with Crippen LogP contribution in [0, 0.1) is 0 Å². The third kappa shape index (κ3) is 3.16. The number of fused-ring (bicyclic) bond motifs is 1. The number of rotatable bonds is 5. The first kappa shape index (κ1) is 14.7. The first-order valence-corrected chi connectivity index (χ1v) is 8.19. The van der Waals surface area contributed by atoms with Gasteiger partial charge in [-0.05, 0) is 50.9 Å². The van der Waals surface area contributed by atoms with Gasteiger partial charge in [-0.15, -0.1) is 0 Å². The molecule has 116 valence electrons. The zero-order chi connectivity index (χ0) is 14.7. The average molecular weight is 290 g/mol. The van der Waals surface area contributed by atoms with Gasteiger partial charge in [0.05, 0.1) is 13.2 Å². The Labute approximate surface area is 127 Å². The van der Waals surface area contributed by atoms with Crippen molar-refractivity contribution in [3.8, 4) is 5.75 Å². The van der Waals surface area contributed by atoms with Crippen molar-refractivity contribution >= 4 is 5.69 Å². The summed E-state index contributed by atoms with van der Waals surface area (Å²) in [7, 11) is 0. The molecule has 0 amide bonds. The highest BCUT2D eigenvalue weighted by Gasteiger charge is 2.35. The van der Waals surface area contributed by atoms with Crippen LogP contribution >= 0.6 is 0 Å². The first-order chi connectivity index (χ1) is 10.3. The molecule has 2 aliphatic heterocycles. The molecule has 3 rings (SSSR count). The van der Waals surface area contributed by atoms with Gasteiger partial charge in [-0.2, -0.15) is 0 Å². The van der Waals surface area contributed by atoms with E-state index in [-0.39, 0.29) is 6.61 Å². The zero-order valence-electron chi connectivity index (χ0n) is 12.8. The van der Waals surface area contributed by atoms with Gasteiger partial charge >= 0.3 is 0 Å². The lowest BCUT2D eigenvalue weighted by molar-refractivity contribution is 0.193. The van der Waals surface area contributed by atoms with Crippen LogP contribution in [0.5, 0.6) is 5.75 Å². The lowest BCUT2D eigenvalue weighted by Crippen LogP contribution is -2.41. The molecule has 2 atom stereocenters. The van der Waals surface area contributed by atoms with Crippen molar-refractivity contribution in [1.82, 2.24) is 4.90 Å². The van der Waals surface area contributed by atoms with Gasteiger partial charge in [0.1, 0.15) is 5.75 Å². The SMILES string of the molecule is CCOc1ccc(NC2CCN3CCCCC23)cc1CO. The Balaban J connectivity index is 1.70. The summed E-state index contributed by atoms with van der Waals surface area (Å²) in [5.74, 6) is 0.788. The molecule has 2 heterocycles. The smallest absolute Gasteiger partial charge is 0.124 e. The Bertz CT molecular complexity index is 478. The molecule has 0 radical (unpaired) electrons. The maximum absolute atomic E-state index is 9.50. The predicted molar refractivity (Wildman–Crippen MR) is 84.8 cm³/mol. The summed E-state index contributed by atoms with van der Waals surface area (Å²) < 4.78 is 5.54. The summed E-state index contributed by atoms with van der Waals surface area (Å²) in [6, 6.07) is 7.27. The molecule has 2 saturated heterocycles.